The Bertz CT molecular complexity index is 525. The minimum atomic E-state index is -1.07. The molecule has 0 fully saturated rings. The average Bonchev–Trinajstić information content (AvgIpc) is 2.49. The highest BCUT2D eigenvalue weighted by Gasteiger charge is 2.08. The SMILES string of the molecule is CC(C)c1ccc(OCC(=O)NNC(=O)CCC(=O)O)cc1. The maximum Gasteiger partial charge on any atom is 0.303 e. The molecule has 0 heterocycles. The van der Waals surface area contributed by atoms with Crippen LogP contribution in [-0.4, -0.2) is 29.5 Å². The second kappa shape index (κ2) is 8.66. The predicted molar refractivity (Wildman–Crippen MR) is 79.2 cm³/mol. The molecule has 1 aromatic carbocycles. The van der Waals surface area contributed by atoms with Gasteiger partial charge in [0.25, 0.3) is 5.91 Å². The summed E-state index contributed by atoms with van der Waals surface area (Å²) in [6.07, 6.45) is -0.493. The van der Waals surface area contributed by atoms with Gasteiger partial charge in [-0.1, -0.05) is 26.0 Å². The summed E-state index contributed by atoms with van der Waals surface area (Å²) in [7, 11) is 0. The monoisotopic (exact) mass is 308 g/mol. The Hall–Kier alpha value is -2.57. The molecule has 0 aliphatic rings. The topological polar surface area (TPSA) is 105 Å². The number of carboxylic acids is 1. The first-order chi connectivity index (χ1) is 10.4. The number of hydrogen-bond acceptors (Lipinski definition) is 4. The van der Waals surface area contributed by atoms with Crippen LogP contribution in [0.4, 0.5) is 0 Å². The largest absolute Gasteiger partial charge is 0.484 e. The lowest BCUT2D eigenvalue weighted by Crippen LogP contribution is -2.43. The number of carbonyl (C=O) groups is 3. The molecule has 1 rings (SSSR count). The molecule has 2 amide bonds. The van der Waals surface area contributed by atoms with Crippen LogP contribution in [-0.2, 0) is 14.4 Å². The number of rotatable bonds is 7. The standard InChI is InChI=1S/C15H20N2O5/c1-10(2)11-3-5-12(6-4-11)22-9-14(19)17-16-13(18)7-8-15(20)21/h3-6,10H,7-9H2,1-2H3,(H,16,18)(H,17,19)(H,20,21). The number of carboxylic acid groups (broad SMARTS) is 1. The van der Waals surface area contributed by atoms with E-state index in [2.05, 4.69) is 24.7 Å². The van der Waals surface area contributed by atoms with E-state index in [4.69, 9.17) is 9.84 Å². The molecule has 0 atom stereocenters. The second-order valence-corrected chi connectivity index (χ2v) is 5.00. The van der Waals surface area contributed by atoms with Crippen molar-refractivity contribution >= 4 is 17.8 Å². The van der Waals surface area contributed by atoms with Gasteiger partial charge in [0.2, 0.25) is 5.91 Å². The lowest BCUT2D eigenvalue weighted by Gasteiger charge is -2.10. The summed E-state index contributed by atoms with van der Waals surface area (Å²) >= 11 is 0. The van der Waals surface area contributed by atoms with Crippen LogP contribution in [0.25, 0.3) is 0 Å². The highest BCUT2D eigenvalue weighted by molar-refractivity contribution is 5.84. The molecule has 0 bridgehead atoms. The van der Waals surface area contributed by atoms with Crippen molar-refractivity contribution in [1.82, 2.24) is 10.9 Å². The molecule has 0 saturated carbocycles. The highest BCUT2D eigenvalue weighted by atomic mass is 16.5. The van der Waals surface area contributed by atoms with Gasteiger partial charge >= 0.3 is 5.97 Å². The van der Waals surface area contributed by atoms with E-state index in [0.717, 1.165) is 0 Å². The first-order valence-electron chi connectivity index (χ1n) is 6.90. The summed E-state index contributed by atoms with van der Waals surface area (Å²) in [5.41, 5.74) is 5.43. The zero-order chi connectivity index (χ0) is 16.5. The minimum Gasteiger partial charge on any atom is -0.484 e. The molecule has 7 nitrogen and oxygen atoms in total. The fraction of sp³-hybridized carbons (Fsp3) is 0.400. The highest BCUT2D eigenvalue weighted by Crippen LogP contribution is 2.18. The molecule has 0 aliphatic carbocycles. The smallest absolute Gasteiger partial charge is 0.303 e. The summed E-state index contributed by atoms with van der Waals surface area (Å²) in [5.74, 6) is -1.21. The van der Waals surface area contributed by atoms with Gasteiger partial charge in [0.1, 0.15) is 5.75 Å². The molecule has 1 aromatic rings. The summed E-state index contributed by atoms with van der Waals surface area (Å²) in [5, 5.41) is 8.42. The van der Waals surface area contributed by atoms with Gasteiger partial charge in [-0.05, 0) is 23.6 Å². The number of carbonyl (C=O) groups excluding carboxylic acids is 2. The fourth-order valence-corrected chi connectivity index (χ4v) is 1.56. The van der Waals surface area contributed by atoms with Gasteiger partial charge in [-0.25, -0.2) is 0 Å². The molecule has 7 heteroatoms. The van der Waals surface area contributed by atoms with Crippen LogP contribution < -0.4 is 15.6 Å². The van der Waals surface area contributed by atoms with Gasteiger partial charge in [-0.3, -0.25) is 25.2 Å². The van der Waals surface area contributed by atoms with Gasteiger partial charge in [0.15, 0.2) is 6.61 Å². The van der Waals surface area contributed by atoms with Crippen molar-refractivity contribution in [2.75, 3.05) is 6.61 Å². The quantitative estimate of drug-likeness (QED) is 0.657. The van der Waals surface area contributed by atoms with Gasteiger partial charge in [0.05, 0.1) is 6.42 Å². The summed E-state index contributed by atoms with van der Waals surface area (Å²) in [6, 6.07) is 7.39. The van der Waals surface area contributed by atoms with E-state index in [1.807, 2.05) is 12.1 Å². The molecule has 120 valence electrons. The van der Waals surface area contributed by atoms with E-state index in [-0.39, 0.29) is 19.4 Å². The number of benzene rings is 1. The average molecular weight is 308 g/mol. The first-order valence-corrected chi connectivity index (χ1v) is 6.90. The van der Waals surface area contributed by atoms with Crippen LogP contribution in [0.2, 0.25) is 0 Å². The lowest BCUT2D eigenvalue weighted by molar-refractivity contribution is -0.139. The maximum atomic E-state index is 11.5. The van der Waals surface area contributed by atoms with E-state index in [1.54, 1.807) is 12.1 Å². The van der Waals surface area contributed by atoms with E-state index < -0.39 is 17.8 Å². The van der Waals surface area contributed by atoms with Crippen molar-refractivity contribution in [2.45, 2.75) is 32.6 Å². The van der Waals surface area contributed by atoms with Crippen LogP contribution in [0.5, 0.6) is 5.75 Å². The number of amides is 2. The molecule has 0 spiro atoms. The molecule has 22 heavy (non-hydrogen) atoms. The van der Waals surface area contributed by atoms with Crippen LogP contribution in [0.15, 0.2) is 24.3 Å². The number of hydrazine groups is 1. The minimum absolute atomic E-state index is 0.201. The Labute approximate surface area is 128 Å². The zero-order valence-corrected chi connectivity index (χ0v) is 12.6. The maximum absolute atomic E-state index is 11.5. The molecule has 3 N–H and O–H groups in total. The van der Waals surface area contributed by atoms with Crippen molar-refractivity contribution in [3.63, 3.8) is 0 Å². The van der Waals surface area contributed by atoms with Crippen molar-refractivity contribution < 1.29 is 24.2 Å². The summed E-state index contributed by atoms with van der Waals surface area (Å²) < 4.78 is 5.28. The number of ether oxygens (including phenoxy) is 1. The number of aliphatic carboxylic acids is 1. The van der Waals surface area contributed by atoms with E-state index in [9.17, 15) is 14.4 Å². The zero-order valence-electron chi connectivity index (χ0n) is 12.6. The number of hydrogen-bond donors (Lipinski definition) is 3. The Balaban J connectivity index is 2.28. The Kier molecular flexibility index (Phi) is 6.88. The molecule has 0 aliphatic heterocycles. The van der Waals surface area contributed by atoms with Crippen LogP contribution in [0, 0.1) is 0 Å². The molecular formula is C15H20N2O5. The molecular weight excluding hydrogens is 288 g/mol. The van der Waals surface area contributed by atoms with Crippen molar-refractivity contribution in [1.29, 1.82) is 0 Å². The molecule has 0 saturated heterocycles. The van der Waals surface area contributed by atoms with Crippen molar-refractivity contribution in [3.8, 4) is 5.75 Å². The summed E-state index contributed by atoms with van der Waals surface area (Å²) in [6.45, 7) is 3.91. The van der Waals surface area contributed by atoms with Gasteiger partial charge < -0.3 is 9.84 Å². The number of nitrogens with one attached hydrogen (secondary N) is 2. The fourth-order valence-electron chi connectivity index (χ4n) is 1.56. The molecule has 0 radical (unpaired) electrons. The summed E-state index contributed by atoms with van der Waals surface area (Å²) in [4.78, 5) is 32.9. The Morgan fingerprint density at radius 3 is 2.18 bits per heavy atom. The van der Waals surface area contributed by atoms with Crippen LogP contribution in [0.3, 0.4) is 0 Å². The third-order valence-electron chi connectivity index (χ3n) is 2.82. The second-order valence-electron chi connectivity index (χ2n) is 5.00. The van der Waals surface area contributed by atoms with Gasteiger partial charge in [-0.15, -0.1) is 0 Å². The first kappa shape index (κ1) is 17.5. The molecule has 0 aromatic heterocycles. The van der Waals surface area contributed by atoms with E-state index in [1.165, 1.54) is 5.56 Å². The Morgan fingerprint density at radius 1 is 1.05 bits per heavy atom. The Morgan fingerprint density at radius 2 is 1.64 bits per heavy atom. The van der Waals surface area contributed by atoms with E-state index in [0.29, 0.717) is 11.7 Å². The van der Waals surface area contributed by atoms with Crippen LogP contribution in [0.1, 0.15) is 38.2 Å². The normalized spacial score (nSPS) is 10.1. The predicted octanol–water partition coefficient (Wildman–Crippen LogP) is 1.20. The van der Waals surface area contributed by atoms with Gasteiger partial charge in [-0.2, -0.15) is 0 Å². The van der Waals surface area contributed by atoms with Crippen molar-refractivity contribution in [2.24, 2.45) is 0 Å². The van der Waals surface area contributed by atoms with E-state index >= 15 is 0 Å². The third kappa shape index (κ3) is 6.74. The van der Waals surface area contributed by atoms with Gasteiger partial charge in [0, 0.05) is 6.42 Å². The lowest BCUT2D eigenvalue weighted by atomic mass is 10.0. The van der Waals surface area contributed by atoms with Crippen LogP contribution >= 0.6 is 0 Å². The third-order valence-corrected chi connectivity index (χ3v) is 2.82. The van der Waals surface area contributed by atoms with Crippen molar-refractivity contribution in [3.05, 3.63) is 29.8 Å². The molecule has 0 unspecified atom stereocenters.